The summed E-state index contributed by atoms with van der Waals surface area (Å²) in [5, 5.41) is 19.5. The maximum Gasteiger partial charge on any atom is 0.269 e. The summed E-state index contributed by atoms with van der Waals surface area (Å²) in [6, 6.07) is 6.18. The first kappa shape index (κ1) is 20.1. The van der Waals surface area contributed by atoms with Crippen LogP contribution in [0.1, 0.15) is 26.3 Å². The van der Waals surface area contributed by atoms with Crippen LogP contribution in [0, 0.1) is 10.1 Å². The van der Waals surface area contributed by atoms with Gasteiger partial charge in [0, 0.05) is 24.2 Å². The van der Waals surface area contributed by atoms with E-state index in [0.29, 0.717) is 19.0 Å². The first-order valence-corrected chi connectivity index (χ1v) is 7.88. The molecule has 0 aliphatic carbocycles. The van der Waals surface area contributed by atoms with Gasteiger partial charge in [-0.3, -0.25) is 14.9 Å². The summed E-state index contributed by atoms with van der Waals surface area (Å²) in [4.78, 5) is 26.5. The quantitative estimate of drug-likeness (QED) is 0.229. The summed E-state index contributed by atoms with van der Waals surface area (Å²) in [6.45, 7) is 10.3. The summed E-state index contributed by atoms with van der Waals surface area (Å²) >= 11 is 0. The van der Waals surface area contributed by atoms with Gasteiger partial charge in [-0.05, 0) is 26.3 Å². The van der Waals surface area contributed by atoms with Gasteiger partial charge in [0.1, 0.15) is 0 Å². The molecule has 1 aromatic carbocycles. The SMILES string of the molecule is C=CCNC(=NCc1ccc([N+](=O)[O-])cc1)NCC(=O)NC(C)(C)C. The van der Waals surface area contributed by atoms with Gasteiger partial charge in [0.05, 0.1) is 18.0 Å². The van der Waals surface area contributed by atoms with Crippen molar-refractivity contribution in [3.05, 3.63) is 52.6 Å². The van der Waals surface area contributed by atoms with Crippen molar-refractivity contribution in [2.45, 2.75) is 32.9 Å². The number of rotatable bonds is 7. The van der Waals surface area contributed by atoms with Crippen molar-refractivity contribution in [2.75, 3.05) is 13.1 Å². The summed E-state index contributed by atoms with van der Waals surface area (Å²) in [7, 11) is 0. The molecule has 0 atom stereocenters. The molecule has 3 N–H and O–H groups in total. The van der Waals surface area contributed by atoms with E-state index in [-0.39, 0.29) is 23.7 Å². The molecule has 25 heavy (non-hydrogen) atoms. The molecule has 0 saturated heterocycles. The topological polar surface area (TPSA) is 109 Å². The standard InChI is InChI=1S/C17H25N5O3/c1-5-10-18-16(20-12-15(23)21-17(2,3)4)19-11-13-6-8-14(9-7-13)22(24)25/h5-9H,1,10-12H2,2-4H3,(H,21,23)(H2,18,19,20). The van der Waals surface area contributed by atoms with Gasteiger partial charge in [-0.25, -0.2) is 4.99 Å². The zero-order valence-corrected chi connectivity index (χ0v) is 14.8. The third kappa shape index (κ3) is 8.50. The third-order valence-corrected chi connectivity index (χ3v) is 2.91. The Labute approximate surface area is 147 Å². The molecule has 0 unspecified atom stereocenters. The second kappa shape index (κ2) is 9.41. The Morgan fingerprint density at radius 1 is 1.28 bits per heavy atom. The number of hydrogen-bond donors (Lipinski definition) is 3. The molecule has 0 aliphatic rings. The number of nitrogens with one attached hydrogen (secondary N) is 3. The Morgan fingerprint density at radius 3 is 2.44 bits per heavy atom. The number of carbonyl (C=O) groups is 1. The van der Waals surface area contributed by atoms with Gasteiger partial charge in [0.25, 0.3) is 5.69 Å². The lowest BCUT2D eigenvalue weighted by molar-refractivity contribution is -0.384. The van der Waals surface area contributed by atoms with Crippen molar-refractivity contribution < 1.29 is 9.72 Å². The van der Waals surface area contributed by atoms with Gasteiger partial charge in [-0.1, -0.05) is 18.2 Å². The molecule has 0 heterocycles. The van der Waals surface area contributed by atoms with Crippen LogP contribution >= 0.6 is 0 Å². The number of amides is 1. The number of nitrogens with zero attached hydrogens (tertiary/aromatic N) is 2. The molecule has 1 aromatic rings. The van der Waals surface area contributed by atoms with Gasteiger partial charge in [-0.2, -0.15) is 0 Å². The molecule has 8 nitrogen and oxygen atoms in total. The maximum absolute atomic E-state index is 11.9. The average Bonchev–Trinajstić information content (AvgIpc) is 2.53. The number of non-ortho nitro benzene ring substituents is 1. The molecular weight excluding hydrogens is 322 g/mol. The van der Waals surface area contributed by atoms with Crippen LogP contribution in [0.2, 0.25) is 0 Å². The van der Waals surface area contributed by atoms with Gasteiger partial charge >= 0.3 is 0 Å². The lowest BCUT2D eigenvalue weighted by Crippen LogP contribution is -2.48. The van der Waals surface area contributed by atoms with E-state index in [1.807, 2.05) is 20.8 Å². The molecule has 0 radical (unpaired) electrons. The zero-order chi connectivity index (χ0) is 18.9. The van der Waals surface area contributed by atoms with Crippen molar-refractivity contribution >= 4 is 17.6 Å². The Balaban J connectivity index is 2.66. The lowest BCUT2D eigenvalue weighted by atomic mass is 10.1. The van der Waals surface area contributed by atoms with E-state index >= 15 is 0 Å². The second-order valence-electron chi connectivity index (χ2n) is 6.41. The molecule has 0 fully saturated rings. The number of nitro groups is 1. The van der Waals surface area contributed by atoms with E-state index in [1.165, 1.54) is 12.1 Å². The lowest BCUT2D eigenvalue weighted by Gasteiger charge is -2.21. The maximum atomic E-state index is 11.9. The van der Waals surface area contributed by atoms with Crippen molar-refractivity contribution in [1.29, 1.82) is 0 Å². The Hall–Kier alpha value is -2.90. The fraction of sp³-hybridized carbons (Fsp3) is 0.412. The molecule has 8 heteroatoms. The monoisotopic (exact) mass is 347 g/mol. The molecule has 0 bridgehead atoms. The number of nitro benzene ring substituents is 1. The van der Waals surface area contributed by atoms with Crippen molar-refractivity contribution in [3.8, 4) is 0 Å². The third-order valence-electron chi connectivity index (χ3n) is 2.91. The minimum atomic E-state index is -0.445. The number of benzene rings is 1. The highest BCUT2D eigenvalue weighted by Crippen LogP contribution is 2.12. The first-order chi connectivity index (χ1) is 11.7. The van der Waals surface area contributed by atoms with Crippen molar-refractivity contribution in [2.24, 2.45) is 4.99 Å². The fourth-order valence-electron chi connectivity index (χ4n) is 1.86. The molecule has 0 saturated carbocycles. The van der Waals surface area contributed by atoms with Crippen LogP contribution in [0.3, 0.4) is 0 Å². The van der Waals surface area contributed by atoms with Crippen LogP contribution in [0.15, 0.2) is 41.9 Å². The molecule has 0 aliphatic heterocycles. The van der Waals surface area contributed by atoms with Crippen LogP contribution in [-0.2, 0) is 11.3 Å². The largest absolute Gasteiger partial charge is 0.353 e. The highest BCUT2D eigenvalue weighted by Gasteiger charge is 2.13. The molecule has 1 rings (SSSR count). The number of guanidine groups is 1. The van der Waals surface area contributed by atoms with Gasteiger partial charge in [-0.15, -0.1) is 6.58 Å². The van der Waals surface area contributed by atoms with E-state index in [0.717, 1.165) is 5.56 Å². The molecular formula is C17H25N5O3. The van der Waals surface area contributed by atoms with E-state index in [2.05, 4.69) is 27.5 Å². The smallest absolute Gasteiger partial charge is 0.269 e. The zero-order valence-electron chi connectivity index (χ0n) is 14.8. The first-order valence-electron chi connectivity index (χ1n) is 7.88. The van der Waals surface area contributed by atoms with Crippen molar-refractivity contribution in [3.63, 3.8) is 0 Å². The summed E-state index contributed by atoms with van der Waals surface area (Å²) in [5.41, 5.74) is 0.558. The average molecular weight is 347 g/mol. The summed E-state index contributed by atoms with van der Waals surface area (Å²) in [5.74, 6) is 0.318. The molecule has 136 valence electrons. The summed E-state index contributed by atoms with van der Waals surface area (Å²) in [6.07, 6.45) is 1.68. The molecule has 0 aromatic heterocycles. The van der Waals surface area contributed by atoms with E-state index in [1.54, 1.807) is 18.2 Å². The van der Waals surface area contributed by atoms with Gasteiger partial charge in [0.2, 0.25) is 5.91 Å². The molecule has 0 spiro atoms. The Bertz CT molecular complexity index is 633. The number of aliphatic imine (C=N–C) groups is 1. The van der Waals surface area contributed by atoms with E-state index in [4.69, 9.17) is 0 Å². The Morgan fingerprint density at radius 2 is 1.92 bits per heavy atom. The van der Waals surface area contributed by atoms with E-state index in [9.17, 15) is 14.9 Å². The predicted octanol–water partition coefficient (Wildman–Crippen LogP) is 1.73. The van der Waals surface area contributed by atoms with Gasteiger partial charge < -0.3 is 16.0 Å². The predicted molar refractivity (Wildman–Crippen MR) is 98.3 cm³/mol. The normalized spacial score (nSPS) is 11.6. The Kier molecular flexibility index (Phi) is 7.58. The van der Waals surface area contributed by atoms with Gasteiger partial charge in [0.15, 0.2) is 5.96 Å². The summed E-state index contributed by atoms with van der Waals surface area (Å²) < 4.78 is 0. The van der Waals surface area contributed by atoms with Crippen molar-refractivity contribution in [1.82, 2.24) is 16.0 Å². The van der Waals surface area contributed by atoms with Crippen LogP contribution in [0.4, 0.5) is 5.69 Å². The highest BCUT2D eigenvalue weighted by atomic mass is 16.6. The van der Waals surface area contributed by atoms with E-state index < -0.39 is 4.92 Å². The van der Waals surface area contributed by atoms with Crippen LogP contribution in [0.5, 0.6) is 0 Å². The van der Waals surface area contributed by atoms with Crippen LogP contribution in [-0.4, -0.2) is 35.4 Å². The minimum absolute atomic E-state index is 0.0368. The number of carbonyl (C=O) groups excluding carboxylic acids is 1. The minimum Gasteiger partial charge on any atom is -0.353 e. The second-order valence-corrected chi connectivity index (χ2v) is 6.41. The van der Waals surface area contributed by atoms with Crippen LogP contribution < -0.4 is 16.0 Å². The highest BCUT2D eigenvalue weighted by molar-refractivity contribution is 5.86. The fourth-order valence-corrected chi connectivity index (χ4v) is 1.86. The molecule has 1 amide bonds. The number of hydrogen-bond acceptors (Lipinski definition) is 4. The van der Waals surface area contributed by atoms with Crippen LogP contribution in [0.25, 0.3) is 0 Å².